The second-order valence-electron chi connectivity index (χ2n) is 13.4. The highest BCUT2D eigenvalue weighted by Crippen LogP contribution is 2.34. The lowest BCUT2D eigenvalue weighted by atomic mass is 10.1. The molecule has 51 heavy (non-hydrogen) atoms. The van der Waals surface area contributed by atoms with Gasteiger partial charge in [0.25, 0.3) is 0 Å². The Morgan fingerprint density at radius 2 is 1.25 bits per heavy atom. The normalized spacial score (nSPS) is 15.9. The molecule has 0 amide bonds. The van der Waals surface area contributed by atoms with E-state index in [4.69, 9.17) is 43.0 Å². The Morgan fingerprint density at radius 1 is 0.686 bits per heavy atom. The smallest absolute Gasteiger partial charge is 0.157 e. The maximum atomic E-state index is 6.31. The first-order valence-corrected chi connectivity index (χ1v) is 18.0. The largest absolute Gasteiger partial charge is 0.497 e. The number of hydrogen-bond donors (Lipinski definition) is 1. The summed E-state index contributed by atoms with van der Waals surface area (Å²) in [6.45, 7) is 8.69. The molecule has 262 valence electrons. The molecule has 0 saturated carbocycles. The number of pyridine rings is 2. The lowest BCUT2D eigenvalue weighted by Crippen LogP contribution is -2.44. The molecule has 0 unspecified atom stereocenters. The van der Waals surface area contributed by atoms with Gasteiger partial charge in [0.15, 0.2) is 11.6 Å². The molecule has 0 radical (unpaired) electrons. The minimum absolute atomic E-state index is 0.683. The summed E-state index contributed by atoms with van der Waals surface area (Å²) >= 11 is 12.4. The minimum atomic E-state index is 0.683. The Kier molecular flexibility index (Phi) is 9.28. The van der Waals surface area contributed by atoms with Crippen LogP contribution in [0.25, 0.3) is 43.6 Å². The van der Waals surface area contributed by atoms with Crippen molar-refractivity contribution in [1.29, 1.82) is 0 Å². The first kappa shape index (κ1) is 33.5. The maximum absolute atomic E-state index is 6.31. The second kappa shape index (κ2) is 14.1. The van der Waals surface area contributed by atoms with Gasteiger partial charge < -0.3 is 24.3 Å². The monoisotopic (exact) mass is 722 g/mol. The number of nitrogens with one attached hydrogen (secondary N) is 1. The minimum Gasteiger partial charge on any atom is -0.497 e. The number of fused-ring (bicyclic) bond motifs is 6. The van der Waals surface area contributed by atoms with Crippen LogP contribution in [-0.2, 0) is 6.54 Å². The van der Waals surface area contributed by atoms with Gasteiger partial charge in [-0.2, -0.15) is 10.2 Å². The van der Waals surface area contributed by atoms with Crippen LogP contribution in [0.1, 0.15) is 5.56 Å². The van der Waals surface area contributed by atoms with Crippen LogP contribution >= 0.6 is 23.2 Å². The van der Waals surface area contributed by atoms with E-state index < -0.39 is 0 Å². The van der Waals surface area contributed by atoms with Crippen LogP contribution in [0.4, 0.5) is 11.6 Å². The Bertz CT molecular complexity index is 2320. The highest BCUT2D eigenvalue weighted by Gasteiger charge is 2.22. The summed E-state index contributed by atoms with van der Waals surface area (Å²) in [7, 11) is 5.99. The van der Waals surface area contributed by atoms with Crippen molar-refractivity contribution in [3.8, 4) is 5.75 Å². The summed E-state index contributed by atoms with van der Waals surface area (Å²) in [4.78, 5) is 19.2. The van der Waals surface area contributed by atoms with Gasteiger partial charge in [0.2, 0.25) is 0 Å². The van der Waals surface area contributed by atoms with Crippen LogP contribution in [0.2, 0.25) is 10.0 Å². The molecule has 0 aliphatic carbocycles. The fraction of sp³-hybridized carbons (Fsp3) is 0.316. The molecule has 13 heteroatoms. The molecule has 2 aliphatic rings. The third-order valence-electron chi connectivity index (χ3n) is 9.90. The molecule has 4 aromatic heterocycles. The Morgan fingerprint density at radius 3 is 1.86 bits per heavy atom. The first-order valence-electron chi connectivity index (χ1n) is 17.2. The van der Waals surface area contributed by atoms with Crippen molar-refractivity contribution in [3.63, 3.8) is 0 Å². The number of methoxy groups -OCH3 is 1. The fourth-order valence-electron chi connectivity index (χ4n) is 6.91. The van der Waals surface area contributed by atoms with Gasteiger partial charge in [-0.3, -0.25) is 9.78 Å². The van der Waals surface area contributed by atoms with Crippen LogP contribution in [-0.4, -0.2) is 113 Å². The summed E-state index contributed by atoms with van der Waals surface area (Å²) < 4.78 is 7.26. The lowest BCUT2D eigenvalue weighted by Gasteiger charge is -2.33. The molecule has 0 spiro atoms. The zero-order chi connectivity index (χ0) is 35.1. The molecule has 2 aliphatic heterocycles. The molecule has 1 N–H and O–H groups in total. The number of halogens is 2. The van der Waals surface area contributed by atoms with Gasteiger partial charge in [-0.05, 0) is 68.2 Å². The van der Waals surface area contributed by atoms with E-state index in [9.17, 15) is 0 Å². The van der Waals surface area contributed by atoms with E-state index in [1.54, 1.807) is 7.11 Å². The molecule has 11 nitrogen and oxygen atoms in total. The van der Waals surface area contributed by atoms with Crippen molar-refractivity contribution in [3.05, 3.63) is 88.7 Å². The number of hydrogen-bond acceptors (Lipinski definition) is 9. The summed E-state index contributed by atoms with van der Waals surface area (Å²) in [6, 6.07) is 19.8. The number of likely N-dealkylation sites (N-methyl/N-ethyl adjacent to an activating group) is 2. The zero-order valence-corrected chi connectivity index (χ0v) is 30.5. The van der Waals surface area contributed by atoms with Crippen molar-refractivity contribution in [2.24, 2.45) is 0 Å². The van der Waals surface area contributed by atoms with Gasteiger partial charge in [0.05, 0.1) is 30.9 Å². The zero-order valence-electron chi connectivity index (χ0n) is 29.0. The van der Waals surface area contributed by atoms with Crippen molar-refractivity contribution >= 4 is 78.4 Å². The third-order valence-corrected chi connectivity index (χ3v) is 10.4. The van der Waals surface area contributed by atoms with E-state index in [1.807, 2.05) is 59.4 Å². The summed E-state index contributed by atoms with van der Waals surface area (Å²) in [6.07, 6.45) is 3.97. The average molecular weight is 724 g/mol. The van der Waals surface area contributed by atoms with E-state index in [-0.39, 0.29) is 0 Å². The van der Waals surface area contributed by atoms with E-state index in [1.165, 1.54) is 5.56 Å². The molecule has 0 bridgehead atoms. The average Bonchev–Trinajstić information content (AvgIpc) is 3.81. The van der Waals surface area contributed by atoms with E-state index in [0.29, 0.717) is 11.6 Å². The number of aromatic nitrogens is 6. The van der Waals surface area contributed by atoms with E-state index in [2.05, 4.69) is 62.2 Å². The number of anilines is 2. The molecule has 2 fully saturated rings. The van der Waals surface area contributed by atoms with Crippen molar-refractivity contribution in [1.82, 2.24) is 39.7 Å². The topological polar surface area (TPSA) is 94.5 Å². The third kappa shape index (κ3) is 6.86. The SMILES string of the molecule is CN1CCN(c2nc3ccc(Cl)cc3c3cn[nH]c23)CC1.COc1ccc(Cn2cc3c(n2)c(N2CCN(C)CC2)nc2ccc(Cl)cc23)cc1. The van der Waals surface area contributed by atoms with Crippen molar-refractivity contribution < 1.29 is 4.74 Å². The van der Waals surface area contributed by atoms with Crippen LogP contribution in [0.5, 0.6) is 5.75 Å². The predicted octanol–water partition coefficient (Wildman–Crippen LogP) is 6.56. The molecular formula is C38H40Cl2N10O. The van der Waals surface area contributed by atoms with Gasteiger partial charge in [-0.15, -0.1) is 0 Å². The molecule has 3 aromatic carbocycles. The van der Waals surface area contributed by atoms with Gasteiger partial charge in [-0.1, -0.05) is 35.3 Å². The van der Waals surface area contributed by atoms with E-state index in [0.717, 1.165) is 118 Å². The van der Waals surface area contributed by atoms with Crippen LogP contribution < -0.4 is 14.5 Å². The number of benzene rings is 3. The maximum Gasteiger partial charge on any atom is 0.157 e. The van der Waals surface area contributed by atoms with Gasteiger partial charge in [0, 0.05) is 90.1 Å². The predicted molar refractivity (Wildman–Crippen MR) is 208 cm³/mol. The van der Waals surface area contributed by atoms with Crippen molar-refractivity contribution in [2.75, 3.05) is 83.4 Å². The van der Waals surface area contributed by atoms with Crippen LogP contribution in [0.3, 0.4) is 0 Å². The molecular weight excluding hydrogens is 683 g/mol. The number of rotatable bonds is 5. The number of H-pyrrole nitrogens is 1. The number of ether oxygens (including phenoxy) is 1. The van der Waals surface area contributed by atoms with E-state index >= 15 is 0 Å². The van der Waals surface area contributed by atoms with Gasteiger partial charge >= 0.3 is 0 Å². The Hall–Kier alpha value is -4.68. The fourth-order valence-corrected chi connectivity index (χ4v) is 7.25. The number of piperazine rings is 2. The summed E-state index contributed by atoms with van der Waals surface area (Å²) in [5.74, 6) is 2.80. The second-order valence-corrected chi connectivity index (χ2v) is 14.2. The highest BCUT2D eigenvalue weighted by atomic mass is 35.5. The quantitative estimate of drug-likeness (QED) is 0.212. The molecule has 7 aromatic rings. The summed E-state index contributed by atoms with van der Waals surface area (Å²) in [5.41, 5.74) is 5.00. The number of nitrogens with zero attached hydrogens (tertiary/aromatic N) is 9. The molecule has 0 atom stereocenters. The Labute approximate surface area is 306 Å². The first-order chi connectivity index (χ1) is 24.8. The van der Waals surface area contributed by atoms with Crippen LogP contribution in [0.15, 0.2) is 73.1 Å². The molecule has 2 saturated heterocycles. The van der Waals surface area contributed by atoms with Gasteiger partial charge in [0.1, 0.15) is 16.8 Å². The lowest BCUT2D eigenvalue weighted by molar-refractivity contribution is 0.312. The summed E-state index contributed by atoms with van der Waals surface area (Å²) in [5, 5.41) is 17.9. The van der Waals surface area contributed by atoms with Crippen LogP contribution in [0, 0.1) is 0 Å². The molecule has 9 rings (SSSR count). The standard InChI is InChI=1S/C23H24ClN5O.C15H16ClN5/c1-27-9-11-28(12-10-27)23-22-20(19-13-17(24)5-8-21(19)25-23)15-29(26-22)14-16-3-6-18(30-2)7-4-16;1-20-4-6-21(7-5-20)15-14-12(9-17-19-14)11-8-10(16)2-3-13(11)18-15/h3-8,13,15H,9-12,14H2,1-2H3;2-3,8-9H,4-7H2,1H3,(H,17,19). The number of aromatic amines is 1. The van der Waals surface area contributed by atoms with Gasteiger partial charge in [-0.25, -0.2) is 9.97 Å². The van der Waals surface area contributed by atoms with Crippen molar-refractivity contribution in [2.45, 2.75) is 6.54 Å². The molecule has 6 heterocycles. The highest BCUT2D eigenvalue weighted by molar-refractivity contribution is 6.32. The Balaban J connectivity index is 0.000000156.